The van der Waals surface area contributed by atoms with Gasteiger partial charge in [-0.1, -0.05) is 11.6 Å². The Morgan fingerprint density at radius 3 is 2.90 bits per heavy atom. The molecule has 0 bridgehead atoms. The number of hydrogen-bond donors (Lipinski definition) is 2. The maximum atomic E-state index is 13.8. The van der Waals surface area contributed by atoms with Gasteiger partial charge >= 0.3 is 0 Å². The normalized spacial score (nSPS) is 9.90. The molecule has 2 rings (SSSR count). The van der Waals surface area contributed by atoms with Gasteiger partial charge in [-0.3, -0.25) is 0 Å². The first-order chi connectivity index (χ1) is 9.63. The molecule has 0 atom stereocenters. The van der Waals surface area contributed by atoms with Crippen LogP contribution in [0.4, 0.5) is 21.8 Å². The SMILES string of the molecule is CCNc1ncc(Cl)c(Nc2ccc(C#N)cc2F)n1. The second-order valence-corrected chi connectivity index (χ2v) is 4.26. The van der Waals surface area contributed by atoms with E-state index in [1.165, 1.54) is 18.3 Å². The zero-order valence-corrected chi connectivity index (χ0v) is 11.4. The summed E-state index contributed by atoms with van der Waals surface area (Å²) in [5.41, 5.74) is 0.433. The standard InChI is InChI=1S/C13H11ClFN5/c1-2-17-13-18-7-9(14)12(20-13)19-11-4-3-8(6-16)5-10(11)15/h3-5,7H,2H2,1H3,(H2,17,18,19,20). The van der Waals surface area contributed by atoms with E-state index < -0.39 is 5.82 Å². The van der Waals surface area contributed by atoms with Crippen molar-refractivity contribution in [2.24, 2.45) is 0 Å². The quantitative estimate of drug-likeness (QED) is 0.904. The number of aromatic nitrogens is 2. The third-order valence-electron chi connectivity index (χ3n) is 2.43. The van der Waals surface area contributed by atoms with Gasteiger partial charge in [-0.15, -0.1) is 0 Å². The van der Waals surface area contributed by atoms with E-state index in [2.05, 4.69) is 20.6 Å². The summed E-state index contributed by atoms with van der Waals surface area (Å²) < 4.78 is 13.8. The largest absolute Gasteiger partial charge is 0.354 e. The van der Waals surface area contributed by atoms with Crippen molar-refractivity contribution in [3.63, 3.8) is 0 Å². The third kappa shape index (κ3) is 3.13. The molecule has 1 heterocycles. The van der Waals surface area contributed by atoms with Crippen LogP contribution in [-0.4, -0.2) is 16.5 Å². The van der Waals surface area contributed by atoms with Gasteiger partial charge in [-0.2, -0.15) is 10.2 Å². The molecule has 0 amide bonds. The van der Waals surface area contributed by atoms with Crippen LogP contribution in [0.15, 0.2) is 24.4 Å². The van der Waals surface area contributed by atoms with Crippen molar-refractivity contribution < 1.29 is 4.39 Å². The van der Waals surface area contributed by atoms with E-state index in [1.807, 2.05) is 13.0 Å². The van der Waals surface area contributed by atoms with E-state index in [0.717, 1.165) is 6.07 Å². The van der Waals surface area contributed by atoms with E-state index in [9.17, 15) is 4.39 Å². The number of nitrogens with one attached hydrogen (secondary N) is 2. The molecule has 102 valence electrons. The van der Waals surface area contributed by atoms with Crippen molar-refractivity contribution in [2.75, 3.05) is 17.2 Å². The predicted molar refractivity (Wildman–Crippen MR) is 75.6 cm³/mol. The molecule has 0 radical (unpaired) electrons. The minimum absolute atomic E-state index is 0.187. The van der Waals surface area contributed by atoms with Crippen molar-refractivity contribution >= 4 is 29.1 Å². The average Bonchev–Trinajstić information content (AvgIpc) is 2.44. The van der Waals surface area contributed by atoms with Crippen LogP contribution in [0.3, 0.4) is 0 Å². The molecule has 0 aliphatic rings. The smallest absolute Gasteiger partial charge is 0.224 e. The third-order valence-corrected chi connectivity index (χ3v) is 2.71. The fraction of sp³-hybridized carbons (Fsp3) is 0.154. The lowest BCUT2D eigenvalue weighted by molar-refractivity contribution is 0.631. The molecule has 0 saturated heterocycles. The minimum atomic E-state index is -0.552. The van der Waals surface area contributed by atoms with E-state index in [-0.39, 0.29) is 16.3 Å². The van der Waals surface area contributed by atoms with Crippen LogP contribution >= 0.6 is 11.6 Å². The monoisotopic (exact) mass is 291 g/mol. The zero-order chi connectivity index (χ0) is 14.5. The highest BCUT2D eigenvalue weighted by atomic mass is 35.5. The summed E-state index contributed by atoms with van der Waals surface area (Å²) in [6.45, 7) is 2.57. The molecule has 0 saturated carbocycles. The highest BCUT2D eigenvalue weighted by Crippen LogP contribution is 2.25. The lowest BCUT2D eigenvalue weighted by Crippen LogP contribution is -2.05. The van der Waals surface area contributed by atoms with Crippen molar-refractivity contribution in [1.29, 1.82) is 5.26 Å². The van der Waals surface area contributed by atoms with Crippen molar-refractivity contribution in [3.05, 3.63) is 40.8 Å². The maximum absolute atomic E-state index is 13.8. The molecular formula is C13H11ClFN5. The van der Waals surface area contributed by atoms with Crippen LogP contribution in [0.5, 0.6) is 0 Å². The summed E-state index contributed by atoms with van der Waals surface area (Å²) in [5.74, 6) is 0.137. The number of halogens is 2. The summed E-state index contributed by atoms with van der Waals surface area (Å²) in [5, 5.41) is 14.7. The lowest BCUT2D eigenvalue weighted by Gasteiger charge is -2.10. The molecule has 0 aliphatic heterocycles. The number of nitriles is 1. The fourth-order valence-corrected chi connectivity index (χ4v) is 1.65. The first kappa shape index (κ1) is 14.0. The van der Waals surface area contributed by atoms with Crippen molar-refractivity contribution in [2.45, 2.75) is 6.92 Å². The Morgan fingerprint density at radius 2 is 2.25 bits per heavy atom. The van der Waals surface area contributed by atoms with Crippen LogP contribution < -0.4 is 10.6 Å². The van der Waals surface area contributed by atoms with Crippen molar-refractivity contribution in [3.8, 4) is 6.07 Å². The van der Waals surface area contributed by atoms with Crippen LogP contribution in [0.2, 0.25) is 5.02 Å². The predicted octanol–water partition coefficient (Wildman–Crippen LogP) is 3.32. The summed E-state index contributed by atoms with van der Waals surface area (Å²) in [7, 11) is 0. The molecular weight excluding hydrogens is 281 g/mol. The Morgan fingerprint density at radius 1 is 1.45 bits per heavy atom. The highest BCUT2D eigenvalue weighted by molar-refractivity contribution is 6.32. The minimum Gasteiger partial charge on any atom is -0.354 e. The summed E-state index contributed by atoms with van der Waals surface area (Å²) in [6, 6.07) is 5.97. The van der Waals surface area contributed by atoms with Gasteiger partial charge < -0.3 is 10.6 Å². The van der Waals surface area contributed by atoms with E-state index in [4.69, 9.17) is 16.9 Å². The number of rotatable bonds is 4. The maximum Gasteiger partial charge on any atom is 0.224 e. The molecule has 0 spiro atoms. The van der Waals surface area contributed by atoms with E-state index in [1.54, 1.807) is 0 Å². The van der Waals surface area contributed by atoms with E-state index in [0.29, 0.717) is 18.3 Å². The molecule has 7 heteroatoms. The van der Waals surface area contributed by atoms with Crippen LogP contribution in [0.25, 0.3) is 0 Å². The second kappa shape index (κ2) is 6.17. The number of benzene rings is 1. The molecule has 0 unspecified atom stereocenters. The summed E-state index contributed by atoms with van der Waals surface area (Å²) >= 11 is 5.97. The number of hydrogen-bond acceptors (Lipinski definition) is 5. The second-order valence-electron chi connectivity index (χ2n) is 3.85. The summed E-state index contributed by atoms with van der Waals surface area (Å²) in [6.07, 6.45) is 1.43. The van der Waals surface area contributed by atoms with Crippen molar-refractivity contribution in [1.82, 2.24) is 9.97 Å². The van der Waals surface area contributed by atoms with Gasteiger partial charge in [0, 0.05) is 6.54 Å². The zero-order valence-electron chi connectivity index (χ0n) is 10.6. The fourth-order valence-electron chi connectivity index (χ4n) is 1.51. The molecule has 0 aliphatic carbocycles. The van der Waals surface area contributed by atoms with Gasteiger partial charge in [0.25, 0.3) is 0 Å². The topological polar surface area (TPSA) is 73.6 Å². The Bertz CT molecular complexity index is 668. The Labute approximate surface area is 120 Å². The number of nitrogens with zero attached hydrogens (tertiary/aromatic N) is 3. The summed E-state index contributed by atoms with van der Waals surface area (Å²) in [4.78, 5) is 8.13. The first-order valence-electron chi connectivity index (χ1n) is 5.87. The lowest BCUT2D eigenvalue weighted by atomic mass is 10.2. The molecule has 1 aromatic carbocycles. The Hall–Kier alpha value is -2.39. The van der Waals surface area contributed by atoms with Gasteiger partial charge in [0.05, 0.1) is 23.5 Å². The highest BCUT2D eigenvalue weighted by Gasteiger charge is 2.09. The van der Waals surface area contributed by atoms with Gasteiger partial charge in [0.1, 0.15) is 10.8 Å². The van der Waals surface area contributed by atoms with Crippen LogP contribution in [0.1, 0.15) is 12.5 Å². The van der Waals surface area contributed by atoms with Gasteiger partial charge in [-0.25, -0.2) is 9.37 Å². The van der Waals surface area contributed by atoms with Crippen LogP contribution in [-0.2, 0) is 0 Å². The average molecular weight is 292 g/mol. The molecule has 2 N–H and O–H groups in total. The van der Waals surface area contributed by atoms with Gasteiger partial charge in [0.15, 0.2) is 5.82 Å². The molecule has 20 heavy (non-hydrogen) atoms. The number of anilines is 3. The molecule has 5 nitrogen and oxygen atoms in total. The Balaban J connectivity index is 2.30. The Kier molecular flexibility index (Phi) is 4.33. The van der Waals surface area contributed by atoms with E-state index >= 15 is 0 Å². The van der Waals surface area contributed by atoms with Gasteiger partial charge in [-0.05, 0) is 25.1 Å². The molecule has 0 fully saturated rings. The first-order valence-corrected chi connectivity index (χ1v) is 6.25. The van der Waals surface area contributed by atoms with Gasteiger partial charge in [0.2, 0.25) is 5.95 Å². The van der Waals surface area contributed by atoms with Crippen LogP contribution in [0, 0.1) is 17.1 Å². The molecule has 1 aromatic heterocycles. The molecule has 2 aromatic rings.